The van der Waals surface area contributed by atoms with E-state index in [0.717, 1.165) is 6.42 Å². The topological polar surface area (TPSA) is 29.1 Å². The van der Waals surface area contributed by atoms with E-state index in [2.05, 4.69) is 48.3 Å². The molecule has 16 heavy (non-hydrogen) atoms. The Morgan fingerprint density at radius 1 is 1.12 bits per heavy atom. The molecule has 0 aromatic heterocycles. The molecular formula is C13H13NOS. The second-order valence-electron chi connectivity index (χ2n) is 3.66. The molecule has 0 radical (unpaired) electrons. The lowest BCUT2D eigenvalue weighted by Gasteiger charge is -2.04. The van der Waals surface area contributed by atoms with E-state index in [1.165, 1.54) is 16.3 Å². The summed E-state index contributed by atoms with van der Waals surface area (Å²) in [6, 6.07) is 14.6. The molecule has 82 valence electrons. The Morgan fingerprint density at radius 3 is 2.62 bits per heavy atom. The molecule has 2 rings (SSSR count). The molecule has 1 N–H and O–H groups in total. The van der Waals surface area contributed by atoms with Crippen LogP contribution in [0, 0.1) is 0 Å². The number of rotatable bonds is 3. The number of carbonyl (C=O) groups is 1. The lowest BCUT2D eigenvalue weighted by atomic mass is 10.1. The number of fused-ring (bicyclic) bond motifs is 1. The highest BCUT2D eigenvalue weighted by molar-refractivity contribution is 7.96. The minimum atomic E-state index is -0.277. The summed E-state index contributed by atoms with van der Waals surface area (Å²) in [4.78, 5) is 10.6. The van der Waals surface area contributed by atoms with Crippen molar-refractivity contribution in [2.24, 2.45) is 0 Å². The minimum absolute atomic E-state index is 0.277. The van der Waals surface area contributed by atoms with Crippen molar-refractivity contribution in [2.75, 3.05) is 6.54 Å². The van der Waals surface area contributed by atoms with Gasteiger partial charge < -0.3 is 5.32 Å². The molecule has 0 aliphatic heterocycles. The van der Waals surface area contributed by atoms with Gasteiger partial charge in [0.15, 0.2) is 0 Å². The zero-order valence-electron chi connectivity index (χ0n) is 8.81. The lowest BCUT2D eigenvalue weighted by Crippen LogP contribution is -2.19. The molecule has 2 aromatic rings. The van der Waals surface area contributed by atoms with Gasteiger partial charge in [-0.3, -0.25) is 4.79 Å². The van der Waals surface area contributed by atoms with Crippen molar-refractivity contribution in [1.82, 2.24) is 5.32 Å². The first kappa shape index (κ1) is 11.0. The first-order chi connectivity index (χ1) is 7.75. The fraction of sp³-hybridized carbons (Fsp3) is 0.154. The minimum Gasteiger partial charge on any atom is -0.347 e. The number of amides is 1. The summed E-state index contributed by atoms with van der Waals surface area (Å²) in [6.45, 7) is 0.626. The van der Waals surface area contributed by atoms with Crippen molar-refractivity contribution < 1.29 is 4.79 Å². The predicted molar refractivity (Wildman–Crippen MR) is 70.0 cm³/mol. The molecule has 3 heteroatoms. The average Bonchev–Trinajstić information content (AvgIpc) is 2.28. The van der Waals surface area contributed by atoms with Gasteiger partial charge in [-0.25, -0.2) is 0 Å². The van der Waals surface area contributed by atoms with Crippen LogP contribution >= 0.6 is 12.6 Å². The monoisotopic (exact) mass is 231 g/mol. The Labute approximate surface area is 100 Å². The van der Waals surface area contributed by atoms with Crippen LogP contribution in [-0.4, -0.2) is 11.8 Å². The van der Waals surface area contributed by atoms with E-state index in [1.807, 2.05) is 12.1 Å². The highest BCUT2D eigenvalue weighted by Gasteiger charge is 1.97. The molecule has 0 fully saturated rings. The summed E-state index contributed by atoms with van der Waals surface area (Å²) >= 11 is 3.65. The molecule has 0 aliphatic rings. The van der Waals surface area contributed by atoms with Gasteiger partial charge in [-0.1, -0.05) is 55.1 Å². The van der Waals surface area contributed by atoms with Crippen LogP contribution in [0.5, 0.6) is 0 Å². The third kappa shape index (κ3) is 2.76. The van der Waals surface area contributed by atoms with Crippen LogP contribution in [0.15, 0.2) is 42.5 Å². The fourth-order valence-electron chi connectivity index (χ4n) is 1.71. The summed E-state index contributed by atoms with van der Waals surface area (Å²) in [5.74, 6) is 0. The highest BCUT2D eigenvalue weighted by atomic mass is 32.1. The summed E-state index contributed by atoms with van der Waals surface area (Å²) in [7, 11) is 0. The van der Waals surface area contributed by atoms with E-state index in [4.69, 9.17) is 0 Å². The maximum atomic E-state index is 10.6. The Morgan fingerprint density at radius 2 is 1.88 bits per heavy atom. The van der Waals surface area contributed by atoms with E-state index >= 15 is 0 Å². The quantitative estimate of drug-likeness (QED) is 0.781. The van der Waals surface area contributed by atoms with Crippen LogP contribution in [0.3, 0.4) is 0 Å². The highest BCUT2D eigenvalue weighted by Crippen LogP contribution is 2.15. The summed E-state index contributed by atoms with van der Waals surface area (Å²) in [5.41, 5.74) is 1.22. The van der Waals surface area contributed by atoms with E-state index in [0.29, 0.717) is 6.54 Å². The van der Waals surface area contributed by atoms with Crippen molar-refractivity contribution in [1.29, 1.82) is 0 Å². The van der Waals surface area contributed by atoms with Gasteiger partial charge in [0, 0.05) is 6.54 Å². The SMILES string of the molecule is O=C(S)NCCc1ccc2ccccc2c1. The normalized spacial score (nSPS) is 10.3. The molecule has 0 unspecified atom stereocenters. The van der Waals surface area contributed by atoms with Gasteiger partial charge >= 0.3 is 0 Å². The molecule has 0 saturated carbocycles. The molecule has 2 aromatic carbocycles. The third-order valence-electron chi connectivity index (χ3n) is 2.50. The van der Waals surface area contributed by atoms with Crippen LogP contribution < -0.4 is 5.32 Å². The van der Waals surface area contributed by atoms with Crippen molar-refractivity contribution in [3.63, 3.8) is 0 Å². The zero-order valence-corrected chi connectivity index (χ0v) is 9.71. The molecule has 0 aliphatic carbocycles. The largest absolute Gasteiger partial charge is 0.347 e. The third-order valence-corrected chi connectivity index (χ3v) is 2.66. The number of carbonyl (C=O) groups excluding carboxylic acids is 1. The summed E-state index contributed by atoms with van der Waals surface area (Å²) < 4.78 is 0. The number of thiol groups is 1. The molecule has 0 atom stereocenters. The molecule has 0 bridgehead atoms. The van der Waals surface area contributed by atoms with E-state index < -0.39 is 0 Å². The van der Waals surface area contributed by atoms with Crippen LogP contribution in [0.4, 0.5) is 4.79 Å². The van der Waals surface area contributed by atoms with Crippen molar-refractivity contribution >= 4 is 28.6 Å². The van der Waals surface area contributed by atoms with Crippen molar-refractivity contribution in [2.45, 2.75) is 6.42 Å². The van der Waals surface area contributed by atoms with E-state index in [1.54, 1.807) is 0 Å². The molecule has 0 heterocycles. The lowest BCUT2D eigenvalue weighted by molar-refractivity contribution is 0.261. The van der Waals surface area contributed by atoms with E-state index in [9.17, 15) is 4.79 Å². The van der Waals surface area contributed by atoms with Gasteiger partial charge in [-0.05, 0) is 22.8 Å². The Hall–Kier alpha value is -1.48. The van der Waals surface area contributed by atoms with E-state index in [-0.39, 0.29) is 5.24 Å². The first-order valence-electron chi connectivity index (χ1n) is 5.20. The molecule has 0 saturated heterocycles. The van der Waals surface area contributed by atoms with Gasteiger partial charge in [-0.2, -0.15) is 0 Å². The van der Waals surface area contributed by atoms with Gasteiger partial charge in [0.25, 0.3) is 5.24 Å². The number of hydrogen-bond donors (Lipinski definition) is 2. The van der Waals surface area contributed by atoms with Crippen molar-refractivity contribution in [3.05, 3.63) is 48.0 Å². The molecular weight excluding hydrogens is 218 g/mol. The molecule has 2 nitrogen and oxygen atoms in total. The van der Waals surface area contributed by atoms with Gasteiger partial charge in [-0.15, -0.1) is 0 Å². The molecule has 1 amide bonds. The van der Waals surface area contributed by atoms with Crippen LogP contribution in [0.2, 0.25) is 0 Å². The van der Waals surface area contributed by atoms with Gasteiger partial charge in [0.05, 0.1) is 0 Å². The number of hydrogen-bond acceptors (Lipinski definition) is 1. The number of nitrogens with one attached hydrogen (secondary N) is 1. The fourth-order valence-corrected chi connectivity index (χ4v) is 1.82. The Balaban J connectivity index is 2.10. The first-order valence-corrected chi connectivity index (χ1v) is 5.65. The Bertz CT molecular complexity index is 510. The second kappa shape index (κ2) is 5.03. The van der Waals surface area contributed by atoms with Crippen LogP contribution in [0.1, 0.15) is 5.56 Å². The summed E-state index contributed by atoms with van der Waals surface area (Å²) in [6.07, 6.45) is 0.830. The summed E-state index contributed by atoms with van der Waals surface area (Å²) in [5, 5.41) is 4.86. The number of benzene rings is 2. The predicted octanol–water partition coefficient (Wildman–Crippen LogP) is 3.02. The van der Waals surface area contributed by atoms with Gasteiger partial charge in [0.1, 0.15) is 0 Å². The van der Waals surface area contributed by atoms with Crippen molar-refractivity contribution in [3.8, 4) is 0 Å². The Kier molecular flexibility index (Phi) is 3.47. The van der Waals surface area contributed by atoms with Gasteiger partial charge in [0.2, 0.25) is 0 Å². The standard InChI is InChI=1S/C13H13NOS/c15-13(16)14-8-7-10-5-6-11-3-1-2-4-12(11)9-10/h1-6,9H,7-8H2,(H2,14,15,16). The second-order valence-corrected chi connectivity index (χ2v) is 4.07. The average molecular weight is 231 g/mol. The smallest absolute Gasteiger partial charge is 0.275 e. The van der Waals surface area contributed by atoms with Crippen LogP contribution in [0.25, 0.3) is 10.8 Å². The van der Waals surface area contributed by atoms with Crippen LogP contribution in [-0.2, 0) is 6.42 Å². The zero-order chi connectivity index (χ0) is 11.4. The maximum Gasteiger partial charge on any atom is 0.275 e. The molecule has 0 spiro atoms. The maximum absolute atomic E-state index is 10.6.